The molecular formula is C26H21N3O4. The molecule has 1 aliphatic rings. The summed E-state index contributed by atoms with van der Waals surface area (Å²) in [5.41, 5.74) is 2.54. The van der Waals surface area contributed by atoms with Gasteiger partial charge in [-0.3, -0.25) is 14.5 Å². The van der Waals surface area contributed by atoms with Crippen molar-refractivity contribution in [2.75, 3.05) is 11.4 Å². The monoisotopic (exact) mass is 439 g/mol. The topological polar surface area (TPSA) is 84.7 Å². The largest absolute Gasteiger partial charge is 0.477 e. The fraction of sp³-hybridized carbons (Fsp3) is 0.115. The van der Waals surface area contributed by atoms with Gasteiger partial charge in [0, 0.05) is 18.2 Å². The first-order valence-electron chi connectivity index (χ1n) is 10.6. The second-order valence-electron chi connectivity index (χ2n) is 7.64. The van der Waals surface area contributed by atoms with E-state index < -0.39 is 6.10 Å². The Morgan fingerprint density at radius 2 is 1.64 bits per heavy atom. The predicted molar refractivity (Wildman–Crippen MR) is 123 cm³/mol. The van der Waals surface area contributed by atoms with E-state index in [1.807, 2.05) is 66.7 Å². The molecular weight excluding hydrogens is 418 g/mol. The molecule has 2 heterocycles. The van der Waals surface area contributed by atoms with Gasteiger partial charge in [0.2, 0.25) is 0 Å². The smallest absolute Gasteiger partial charge is 0.280 e. The molecule has 1 atom stereocenters. The zero-order valence-corrected chi connectivity index (χ0v) is 17.7. The molecule has 0 radical (unpaired) electrons. The van der Waals surface area contributed by atoms with Crippen LogP contribution in [-0.4, -0.2) is 29.6 Å². The minimum Gasteiger partial charge on any atom is -0.477 e. The van der Waals surface area contributed by atoms with Crippen LogP contribution in [0.25, 0.3) is 11.3 Å². The Morgan fingerprint density at radius 3 is 2.42 bits per heavy atom. The van der Waals surface area contributed by atoms with E-state index in [-0.39, 0.29) is 24.1 Å². The first-order valence-corrected chi connectivity index (χ1v) is 10.6. The summed E-state index contributed by atoms with van der Waals surface area (Å²) in [7, 11) is 0. The number of nitrogens with zero attached hydrogens (tertiary/aromatic N) is 2. The molecule has 7 nitrogen and oxygen atoms in total. The van der Waals surface area contributed by atoms with Gasteiger partial charge < -0.3 is 14.6 Å². The van der Waals surface area contributed by atoms with E-state index in [1.165, 1.54) is 4.90 Å². The first-order chi connectivity index (χ1) is 16.2. The Hall–Kier alpha value is -4.39. The predicted octanol–water partition coefficient (Wildman–Crippen LogP) is 4.07. The van der Waals surface area contributed by atoms with Crippen molar-refractivity contribution in [1.82, 2.24) is 10.5 Å². The van der Waals surface area contributed by atoms with E-state index >= 15 is 0 Å². The van der Waals surface area contributed by atoms with Crippen LogP contribution >= 0.6 is 0 Å². The maximum atomic E-state index is 13.4. The number of fused-ring (bicyclic) bond motifs is 1. The van der Waals surface area contributed by atoms with Crippen molar-refractivity contribution in [3.8, 4) is 17.1 Å². The van der Waals surface area contributed by atoms with E-state index in [1.54, 1.807) is 24.3 Å². The summed E-state index contributed by atoms with van der Waals surface area (Å²) < 4.78 is 11.3. The van der Waals surface area contributed by atoms with Crippen molar-refractivity contribution in [3.05, 3.63) is 102 Å². The lowest BCUT2D eigenvalue weighted by atomic mass is 10.1. The number of carbonyl (C=O) groups excluding carboxylic acids is 2. The second kappa shape index (κ2) is 9.00. The molecule has 1 N–H and O–H groups in total. The number of amides is 2. The normalized spacial score (nSPS) is 14.8. The van der Waals surface area contributed by atoms with E-state index in [9.17, 15) is 9.59 Å². The molecule has 164 valence electrons. The summed E-state index contributed by atoms with van der Waals surface area (Å²) in [5.74, 6) is 0.301. The Labute approximate surface area is 190 Å². The molecule has 0 saturated heterocycles. The van der Waals surface area contributed by atoms with Crippen LogP contribution in [0, 0.1) is 0 Å². The third kappa shape index (κ3) is 4.34. The highest BCUT2D eigenvalue weighted by Crippen LogP contribution is 2.34. The van der Waals surface area contributed by atoms with Crippen molar-refractivity contribution < 1.29 is 18.8 Å². The average molecular weight is 439 g/mol. The lowest BCUT2D eigenvalue weighted by molar-refractivity contribution is -0.127. The number of hydrogen-bond acceptors (Lipinski definition) is 5. The summed E-state index contributed by atoms with van der Waals surface area (Å²) in [6.45, 7) is 0.433. The molecule has 7 heteroatoms. The van der Waals surface area contributed by atoms with Crippen LogP contribution in [0.1, 0.15) is 16.1 Å². The fourth-order valence-corrected chi connectivity index (χ4v) is 3.71. The standard InChI is InChI=1S/C26H21N3O4/c30-25(27-16-18-9-3-1-4-10-18)24-17-29(21-13-7-8-14-22(21)32-24)26(31)20-15-23(33-28-20)19-11-5-2-6-12-19/h1-15,24H,16-17H2,(H,27,30)/t24-/m1/s1. The summed E-state index contributed by atoms with van der Waals surface area (Å²) in [4.78, 5) is 27.7. The minimum atomic E-state index is -0.854. The van der Waals surface area contributed by atoms with Crippen LogP contribution in [0.15, 0.2) is 95.5 Å². The summed E-state index contributed by atoms with van der Waals surface area (Å²) in [6.07, 6.45) is -0.854. The number of anilines is 1. The molecule has 0 aliphatic carbocycles. The highest BCUT2D eigenvalue weighted by Gasteiger charge is 2.35. The van der Waals surface area contributed by atoms with Gasteiger partial charge >= 0.3 is 0 Å². The average Bonchev–Trinajstić information content (AvgIpc) is 3.38. The number of hydrogen-bond donors (Lipinski definition) is 1. The molecule has 0 unspecified atom stereocenters. The first kappa shape index (κ1) is 20.5. The third-order valence-corrected chi connectivity index (χ3v) is 5.41. The lowest BCUT2D eigenvalue weighted by Crippen LogP contribution is -2.50. The van der Waals surface area contributed by atoms with Gasteiger partial charge in [0.1, 0.15) is 5.75 Å². The molecule has 3 aromatic carbocycles. The van der Waals surface area contributed by atoms with Crippen molar-refractivity contribution in [2.24, 2.45) is 0 Å². The van der Waals surface area contributed by atoms with Crippen LogP contribution in [0.3, 0.4) is 0 Å². The van der Waals surface area contributed by atoms with Gasteiger partial charge in [0.25, 0.3) is 11.8 Å². The number of carbonyl (C=O) groups is 2. The van der Waals surface area contributed by atoms with Gasteiger partial charge in [-0.15, -0.1) is 0 Å². The van der Waals surface area contributed by atoms with Crippen LogP contribution in [0.5, 0.6) is 5.75 Å². The lowest BCUT2D eigenvalue weighted by Gasteiger charge is -2.33. The Kier molecular flexibility index (Phi) is 5.59. The van der Waals surface area contributed by atoms with Crippen molar-refractivity contribution in [2.45, 2.75) is 12.6 Å². The summed E-state index contributed by atoms with van der Waals surface area (Å²) in [5, 5.41) is 6.87. The van der Waals surface area contributed by atoms with E-state index in [4.69, 9.17) is 9.26 Å². The highest BCUT2D eigenvalue weighted by atomic mass is 16.5. The van der Waals surface area contributed by atoms with Crippen LogP contribution in [-0.2, 0) is 11.3 Å². The van der Waals surface area contributed by atoms with Gasteiger partial charge in [-0.1, -0.05) is 78.0 Å². The van der Waals surface area contributed by atoms with E-state index in [0.29, 0.717) is 23.7 Å². The molecule has 2 amide bonds. The van der Waals surface area contributed by atoms with E-state index in [2.05, 4.69) is 10.5 Å². The van der Waals surface area contributed by atoms with Crippen LogP contribution < -0.4 is 15.0 Å². The Morgan fingerprint density at radius 1 is 0.939 bits per heavy atom. The summed E-state index contributed by atoms with van der Waals surface area (Å²) in [6, 6.07) is 27.8. The zero-order valence-electron chi connectivity index (χ0n) is 17.7. The molecule has 5 rings (SSSR count). The molecule has 0 spiro atoms. The van der Waals surface area contributed by atoms with Crippen LogP contribution in [0.4, 0.5) is 5.69 Å². The molecule has 4 aromatic rings. The van der Waals surface area contributed by atoms with Crippen LogP contribution in [0.2, 0.25) is 0 Å². The molecule has 0 fully saturated rings. The van der Waals surface area contributed by atoms with E-state index in [0.717, 1.165) is 11.1 Å². The number of rotatable bonds is 5. The number of para-hydroxylation sites is 2. The zero-order chi connectivity index (χ0) is 22.6. The fourth-order valence-electron chi connectivity index (χ4n) is 3.71. The number of benzene rings is 3. The third-order valence-electron chi connectivity index (χ3n) is 5.41. The van der Waals surface area contributed by atoms with Gasteiger partial charge in [-0.25, -0.2) is 0 Å². The van der Waals surface area contributed by atoms with Gasteiger partial charge in [-0.2, -0.15) is 0 Å². The quantitative estimate of drug-likeness (QED) is 0.507. The minimum absolute atomic E-state index is 0.0595. The Bertz CT molecular complexity index is 1270. The van der Waals surface area contributed by atoms with Gasteiger partial charge in [0.15, 0.2) is 17.6 Å². The second-order valence-corrected chi connectivity index (χ2v) is 7.64. The molecule has 0 saturated carbocycles. The molecule has 1 aliphatic heterocycles. The number of nitrogens with one attached hydrogen (secondary N) is 1. The maximum absolute atomic E-state index is 13.4. The molecule has 0 bridgehead atoms. The maximum Gasteiger partial charge on any atom is 0.280 e. The van der Waals surface area contributed by atoms with Crippen molar-refractivity contribution in [3.63, 3.8) is 0 Å². The number of aromatic nitrogens is 1. The Balaban J connectivity index is 1.36. The molecule has 33 heavy (non-hydrogen) atoms. The molecule has 1 aromatic heterocycles. The summed E-state index contributed by atoms with van der Waals surface area (Å²) >= 11 is 0. The SMILES string of the molecule is O=C(NCc1ccccc1)[C@H]1CN(C(=O)c2cc(-c3ccccc3)on2)c2ccccc2O1. The van der Waals surface area contributed by atoms with Crippen molar-refractivity contribution >= 4 is 17.5 Å². The highest BCUT2D eigenvalue weighted by molar-refractivity contribution is 6.07. The number of ether oxygens (including phenoxy) is 1. The van der Waals surface area contributed by atoms with Gasteiger partial charge in [0.05, 0.1) is 12.2 Å². The van der Waals surface area contributed by atoms with Gasteiger partial charge in [-0.05, 0) is 17.7 Å². The van der Waals surface area contributed by atoms with Crippen molar-refractivity contribution in [1.29, 1.82) is 0 Å².